The first-order valence-corrected chi connectivity index (χ1v) is 15.3. The summed E-state index contributed by atoms with van der Waals surface area (Å²) in [5.41, 5.74) is 0. The fourth-order valence-corrected chi connectivity index (χ4v) is 7.23. The first-order chi connectivity index (χ1) is 18.3. The van der Waals surface area contributed by atoms with Crippen LogP contribution in [0.2, 0.25) is 0 Å². The van der Waals surface area contributed by atoms with E-state index >= 15 is 0 Å². The molecule has 1 unspecified atom stereocenters. The van der Waals surface area contributed by atoms with Gasteiger partial charge in [0.1, 0.15) is 16.7 Å². The topological polar surface area (TPSA) is 135 Å². The second-order valence-electron chi connectivity index (χ2n) is 9.76. The Hall–Kier alpha value is -2.83. The molecular formula is C26H34N4O6S2. The lowest BCUT2D eigenvalue weighted by molar-refractivity contribution is -0.129. The minimum absolute atomic E-state index is 0.116. The van der Waals surface area contributed by atoms with Crippen molar-refractivity contribution in [2.75, 3.05) is 20.2 Å². The van der Waals surface area contributed by atoms with Crippen molar-refractivity contribution in [3.05, 3.63) is 40.7 Å². The van der Waals surface area contributed by atoms with Gasteiger partial charge >= 0.3 is 0 Å². The average molecular weight is 563 g/mol. The number of rotatable bonds is 9. The van der Waals surface area contributed by atoms with Crippen molar-refractivity contribution < 1.29 is 27.5 Å². The van der Waals surface area contributed by atoms with Crippen molar-refractivity contribution in [2.45, 2.75) is 68.5 Å². The maximum Gasteiger partial charge on any atom is 0.265 e. The number of sulfonamides is 1. The van der Waals surface area contributed by atoms with Gasteiger partial charge in [0.15, 0.2) is 10.8 Å². The number of hydrogen-bond donors (Lipinski definition) is 2. The number of Topliss-reactive ketones (excluding diaryl/α,β-unsaturated/α-hetero) is 1. The highest BCUT2D eigenvalue weighted by atomic mass is 32.2. The van der Waals surface area contributed by atoms with Crippen LogP contribution < -0.4 is 15.4 Å². The summed E-state index contributed by atoms with van der Waals surface area (Å²) in [6, 6.07) is 4.63. The Bertz CT molecular complexity index is 1230. The van der Waals surface area contributed by atoms with Crippen molar-refractivity contribution in [1.82, 2.24) is 19.9 Å². The van der Waals surface area contributed by atoms with Gasteiger partial charge in [-0.2, -0.15) is 4.31 Å². The fraction of sp³-hybridized carbons (Fsp3) is 0.538. The highest BCUT2D eigenvalue weighted by Crippen LogP contribution is 2.29. The molecule has 0 bridgehead atoms. The lowest BCUT2D eigenvalue weighted by atomic mass is 9.84. The number of aromatic nitrogens is 1. The van der Waals surface area contributed by atoms with Crippen molar-refractivity contribution in [3.8, 4) is 5.75 Å². The van der Waals surface area contributed by atoms with E-state index in [0.717, 1.165) is 30.0 Å². The molecule has 1 aliphatic carbocycles. The zero-order chi connectivity index (χ0) is 27.1. The van der Waals surface area contributed by atoms with E-state index in [9.17, 15) is 22.8 Å². The molecule has 2 aromatic heterocycles. The molecule has 206 valence electrons. The predicted octanol–water partition coefficient (Wildman–Crippen LogP) is 2.76. The van der Waals surface area contributed by atoms with Crippen LogP contribution in [0.25, 0.3) is 0 Å². The first kappa shape index (κ1) is 28.2. The minimum Gasteiger partial charge on any atom is -0.495 e. The molecular weight excluding hydrogens is 528 g/mol. The third-order valence-corrected chi connectivity index (χ3v) is 9.81. The third-order valence-electron chi connectivity index (χ3n) is 7.15. The first-order valence-electron chi connectivity index (χ1n) is 13.0. The Morgan fingerprint density at radius 3 is 2.66 bits per heavy atom. The molecule has 0 spiro atoms. The number of nitrogens with zero attached hydrogens (tertiary/aromatic N) is 2. The monoisotopic (exact) mass is 562 g/mol. The maximum atomic E-state index is 13.5. The standard InChI is InChI=1S/C26H34N4O6S2/c1-36-22-12-15-37-24(22)26(33)29-20(16-18-8-3-2-4-9-18)25(32)28-19-10-7-14-30(17-21(19)31)38(34,35)23-11-5-6-13-27-23/h5-6,11-13,15,18-20H,2-4,7-10,14,16-17H2,1H3,(H,28,32)(H,29,33)/t19?,20-/m0/s1. The van der Waals surface area contributed by atoms with Gasteiger partial charge in [-0.1, -0.05) is 38.2 Å². The van der Waals surface area contributed by atoms with Gasteiger partial charge in [0.25, 0.3) is 15.9 Å². The van der Waals surface area contributed by atoms with Gasteiger partial charge in [-0.3, -0.25) is 14.4 Å². The van der Waals surface area contributed by atoms with Gasteiger partial charge in [0.2, 0.25) is 5.91 Å². The van der Waals surface area contributed by atoms with Gasteiger partial charge < -0.3 is 15.4 Å². The van der Waals surface area contributed by atoms with Crippen LogP contribution in [0.1, 0.15) is 61.0 Å². The molecule has 2 atom stereocenters. The van der Waals surface area contributed by atoms with Gasteiger partial charge in [0.05, 0.1) is 19.7 Å². The molecule has 1 saturated carbocycles. The molecule has 0 radical (unpaired) electrons. The Labute approximate surface area is 227 Å². The predicted molar refractivity (Wildman–Crippen MR) is 142 cm³/mol. The molecule has 4 rings (SSSR count). The third kappa shape index (κ3) is 6.78. The molecule has 1 saturated heterocycles. The summed E-state index contributed by atoms with van der Waals surface area (Å²) >= 11 is 1.23. The fourth-order valence-electron chi connectivity index (χ4n) is 5.09. The summed E-state index contributed by atoms with van der Waals surface area (Å²) in [5, 5.41) is 7.32. The van der Waals surface area contributed by atoms with Crippen molar-refractivity contribution >= 4 is 39.0 Å². The SMILES string of the molecule is COc1ccsc1C(=O)N[C@@H](CC1CCCCC1)C(=O)NC1CCCN(S(=O)(=O)c2ccccn2)CC1=O. The zero-order valence-corrected chi connectivity index (χ0v) is 23.1. The number of nitrogens with one attached hydrogen (secondary N) is 2. The number of pyridine rings is 1. The molecule has 2 aliphatic rings. The summed E-state index contributed by atoms with van der Waals surface area (Å²) in [4.78, 5) is 43.9. The van der Waals surface area contributed by atoms with Gasteiger partial charge in [-0.25, -0.2) is 13.4 Å². The Kier molecular flexibility index (Phi) is 9.50. The second-order valence-corrected chi connectivity index (χ2v) is 12.6. The van der Waals surface area contributed by atoms with Crippen LogP contribution in [-0.2, 0) is 19.6 Å². The van der Waals surface area contributed by atoms with E-state index in [0.29, 0.717) is 35.8 Å². The van der Waals surface area contributed by atoms with Crippen LogP contribution in [0, 0.1) is 5.92 Å². The molecule has 0 aromatic carbocycles. The highest BCUT2D eigenvalue weighted by molar-refractivity contribution is 7.89. The number of ketones is 1. The van der Waals surface area contributed by atoms with Crippen molar-refractivity contribution in [1.29, 1.82) is 0 Å². The molecule has 2 amide bonds. The number of ether oxygens (including phenoxy) is 1. The van der Waals surface area contributed by atoms with Crippen LogP contribution in [0.5, 0.6) is 5.75 Å². The number of carbonyl (C=O) groups excluding carboxylic acids is 3. The van der Waals surface area contributed by atoms with E-state index in [1.807, 2.05) is 0 Å². The quantitative estimate of drug-likeness (QED) is 0.480. The lowest BCUT2D eigenvalue weighted by Crippen LogP contribution is -2.53. The highest BCUT2D eigenvalue weighted by Gasteiger charge is 2.35. The van der Waals surface area contributed by atoms with E-state index < -0.39 is 39.7 Å². The molecule has 2 fully saturated rings. The summed E-state index contributed by atoms with van der Waals surface area (Å²) in [7, 11) is -2.45. The van der Waals surface area contributed by atoms with Crippen LogP contribution in [0.4, 0.5) is 0 Å². The molecule has 2 N–H and O–H groups in total. The smallest absolute Gasteiger partial charge is 0.265 e. The largest absolute Gasteiger partial charge is 0.495 e. The van der Waals surface area contributed by atoms with Crippen LogP contribution in [-0.4, -0.2) is 67.6 Å². The number of amides is 2. The van der Waals surface area contributed by atoms with Crippen LogP contribution in [0.3, 0.4) is 0 Å². The Balaban J connectivity index is 1.45. The number of carbonyl (C=O) groups is 3. The van der Waals surface area contributed by atoms with Gasteiger partial charge in [-0.05, 0) is 48.8 Å². The number of hydrogen-bond acceptors (Lipinski definition) is 8. The molecule has 3 heterocycles. The molecule has 10 nitrogen and oxygen atoms in total. The zero-order valence-electron chi connectivity index (χ0n) is 21.4. The van der Waals surface area contributed by atoms with E-state index in [1.54, 1.807) is 23.6 Å². The summed E-state index contributed by atoms with van der Waals surface area (Å²) in [6.07, 6.45) is 7.90. The van der Waals surface area contributed by atoms with Gasteiger partial charge in [0, 0.05) is 12.7 Å². The summed E-state index contributed by atoms with van der Waals surface area (Å²) < 4.78 is 32.4. The molecule has 12 heteroatoms. The molecule has 38 heavy (non-hydrogen) atoms. The minimum atomic E-state index is -3.93. The summed E-state index contributed by atoms with van der Waals surface area (Å²) in [6.45, 7) is -0.201. The van der Waals surface area contributed by atoms with E-state index in [2.05, 4.69) is 15.6 Å². The van der Waals surface area contributed by atoms with Crippen LogP contribution >= 0.6 is 11.3 Å². The van der Waals surface area contributed by atoms with Crippen molar-refractivity contribution in [3.63, 3.8) is 0 Å². The second kappa shape index (κ2) is 12.8. The normalized spacial score (nSPS) is 20.3. The number of methoxy groups -OCH3 is 1. The molecule has 1 aliphatic heterocycles. The summed E-state index contributed by atoms with van der Waals surface area (Å²) in [5.74, 6) is -0.476. The van der Waals surface area contributed by atoms with Crippen molar-refractivity contribution in [2.24, 2.45) is 5.92 Å². The average Bonchev–Trinajstić information content (AvgIpc) is 3.33. The lowest BCUT2D eigenvalue weighted by Gasteiger charge is -2.28. The Morgan fingerprint density at radius 1 is 1.16 bits per heavy atom. The van der Waals surface area contributed by atoms with E-state index in [1.165, 1.54) is 37.1 Å². The maximum absolute atomic E-state index is 13.5. The number of thiophene rings is 1. The van der Waals surface area contributed by atoms with Gasteiger partial charge in [-0.15, -0.1) is 11.3 Å². The Morgan fingerprint density at radius 2 is 1.95 bits per heavy atom. The van der Waals surface area contributed by atoms with E-state index in [-0.39, 0.29) is 18.1 Å². The van der Waals surface area contributed by atoms with Crippen LogP contribution in [0.15, 0.2) is 40.9 Å². The van der Waals surface area contributed by atoms with E-state index in [4.69, 9.17) is 4.74 Å². The molecule has 2 aromatic rings.